The zero-order valence-corrected chi connectivity index (χ0v) is 20.2. The van der Waals surface area contributed by atoms with Gasteiger partial charge in [0.05, 0.1) is 11.4 Å². The van der Waals surface area contributed by atoms with Crippen molar-refractivity contribution in [2.75, 3.05) is 6.61 Å². The summed E-state index contributed by atoms with van der Waals surface area (Å²) in [6.07, 6.45) is 0.782. The Labute approximate surface area is 204 Å². The van der Waals surface area contributed by atoms with Gasteiger partial charge < -0.3 is 9.84 Å². The molecule has 1 N–H and O–H groups in total. The molecule has 0 radical (unpaired) electrons. The second-order valence-electron chi connectivity index (χ2n) is 8.93. The number of carboxylic acids is 1. The zero-order chi connectivity index (χ0) is 24.9. The third kappa shape index (κ3) is 5.77. The van der Waals surface area contributed by atoms with Crippen LogP contribution in [0.2, 0.25) is 0 Å². The van der Waals surface area contributed by atoms with E-state index in [1.54, 1.807) is 12.1 Å². The van der Waals surface area contributed by atoms with E-state index in [9.17, 15) is 14.3 Å². The molecule has 6 heteroatoms. The molecular weight excluding hydrogens is 443 g/mol. The zero-order valence-electron chi connectivity index (χ0n) is 20.2. The van der Waals surface area contributed by atoms with E-state index in [4.69, 9.17) is 9.84 Å². The highest BCUT2D eigenvalue weighted by Crippen LogP contribution is 2.37. The van der Waals surface area contributed by atoms with Crippen LogP contribution in [0.3, 0.4) is 0 Å². The topological polar surface area (TPSA) is 64.3 Å². The predicted molar refractivity (Wildman–Crippen MR) is 135 cm³/mol. The number of benzene rings is 3. The molecule has 0 saturated carbocycles. The number of carbonyl (C=O) groups is 1. The molecule has 180 valence electrons. The SMILES string of the molecule is Cc1cc(C(C)C)cc(OCC(=O)O)c1-c1cc(-c2ccc(F)cc2)n(CCc2ccccc2)n1. The second-order valence-corrected chi connectivity index (χ2v) is 8.93. The van der Waals surface area contributed by atoms with E-state index in [-0.39, 0.29) is 11.7 Å². The third-order valence-corrected chi connectivity index (χ3v) is 5.97. The highest BCUT2D eigenvalue weighted by Gasteiger charge is 2.19. The smallest absolute Gasteiger partial charge is 0.341 e. The van der Waals surface area contributed by atoms with Crippen molar-refractivity contribution in [2.45, 2.75) is 39.7 Å². The lowest BCUT2D eigenvalue weighted by Crippen LogP contribution is -2.11. The molecule has 1 aromatic heterocycles. The largest absolute Gasteiger partial charge is 0.481 e. The summed E-state index contributed by atoms with van der Waals surface area (Å²) in [7, 11) is 0. The van der Waals surface area contributed by atoms with E-state index >= 15 is 0 Å². The standard InChI is InChI=1S/C29H29FN2O3/c1-19(2)23-15-20(3)29(27(16-23)35-18-28(33)34)25-17-26(22-9-11-24(30)12-10-22)32(31-25)14-13-21-7-5-4-6-8-21/h4-12,15-17,19H,13-14,18H2,1-3H3,(H,33,34). The molecule has 0 aliphatic rings. The molecule has 0 aliphatic carbocycles. The molecule has 3 aromatic carbocycles. The molecule has 0 atom stereocenters. The molecule has 0 saturated heterocycles. The van der Waals surface area contributed by atoms with Gasteiger partial charge in [-0.15, -0.1) is 0 Å². The fourth-order valence-electron chi connectivity index (χ4n) is 4.14. The van der Waals surface area contributed by atoms with Gasteiger partial charge in [-0.3, -0.25) is 4.68 Å². The van der Waals surface area contributed by atoms with Gasteiger partial charge >= 0.3 is 5.97 Å². The van der Waals surface area contributed by atoms with Crippen LogP contribution in [0.4, 0.5) is 4.39 Å². The summed E-state index contributed by atoms with van der Waals surface area (Å²) in [4.78, 5) is 11.2. The highest BCUT2D eigenvalue weighted by molar-refractivity contribution is 5.77. The van der Waals surface area contributed by atoms with Crippen LogP contribution in [-0.2, 0) is 17.8 Å². The summed E-state index contributed by atoms with van der Waals surface area (Å²) in [5.41, 5.74) is 6.36. The van der Waals surface area contributed by atoms with Crippen molar-refractivity contribution in [1.82, 2.24) is 9.78 Å². The lowest BCUT2D eigenvalue weighted by Gasteiger charge is -2.15. The Morgan fingerprint density at radius 3 is 2.43 bits per heavy atom. The lowest BCUT2D eigenvalue weighted by atomic mass is 9.95. The summed E-state index contributed by atoms with van der Waals surface area (Å²) in [6.45, 7) is 6.34. The average molecular weight is 473 g/mol. The Balaban J connectivity index is 1.80. The van der Waals surface area contributed by atoms with Crippen LogP contribution in [0.1, 0.15) is 36.5 Å². The number of aliphatic carboxylic acids is 1. The molecule has 35 heavy (non-hydrogen) atoms. The van der Waals surface area contributed by atoms with Crippen molar-refractivity contribution < 1.29 is 19.0 Å². The van der Waals surface area contributed by atoms with E-state index in [0.29, 0.717) is 18.0 Å². The van der Waals surface area contributed by atoms with Crippen molar-refractivity contribution in [3.05, 3.63) is 95.3 Å². The van der Waals surface area contributed by atoms with Crippen LogP contribution in [0.25, 0.3) is 22.5 Å². The van der Waals surface area contributed by atoms with Crippen LogP contribution < -0.4 is 4.74 Å². The minimum absolute atomic E-state index is 0.258. The van der Waals surface area contributed by atoms with Gasteiger partial charge in [-0.25, -0.2) is 9.18 Å². The molecule has 1 heterocycles. The van der Waals surface area contributed by atoms with E-state index in [1.165, 1.54) is 17.7 Å². The molecule has 0 amide bonds. The Kier molecular flexibility index (Phi) is 7.30. The van der Waals surface area contributed by atoms with Gasteiger partial charge in [0.25, 0.3) is 0 Å². The molecule has 0 fully saturated rings. The Bertz CT molecular complexity index is 1310. The number of hydrogen-bond acceptors (Lipinski definition) is 3. The first-order valence-electron chi connectivity index (χ1n) is 11.7. The lowest BCUT2D eigenvalue weighted by molar-refractivity contribution is -0.139. The number of carboxylic acid groups (broad SMARTS) is 1. The normalized spacial score (nSPS) is 11.1. The Morgan fingerprint density at radius 1 is 1.06 bits per heavy atom. The Morgan fingerprint density at radius 2 is 1.77 bits per heavy atom. The molecule has 4 aromatic rings. The summed E-state index contributed by atoms with van der Waals surface area (Å²) < 4.78 is 21.3. The van der Waals surface area contributed by atoms with E-state index in [1.807, 2.05) is 41.9 Å². The average Bonchev–Trinajstić information content (AvgIpc) is 3.25. The van der Waals surface area contributed by atoms with Gasteiger partial charge in [0.1, 0.15) is 11.6 Å². The first-order chi connectivity index (χ1) is 16.8. The summed E-state index contributed by atoms with van der Waals surface area (Å²) in [6, 6.07) is 22.5. The van der Waals surface area contributed by atoms with Crippen LogP contribution >= 0.6 is 0 Å². The number of aryl methyl sites for hydroxylation is 3. The highest BCUT2D eigenvalue weighted by atomic mass is 19.1. The Hall–Kier alpha value is -3.93. The third-order valence-electron chi connectivity index (χ3n) is 5.97. The maximum absolute atomic E-state index is 13.6. The van der Waals surface area contributed by atoms with Gasteiger partial charge in [-0.1, -0.05) is 50.2 Å². The molecule has 0 aliphatic heterocycles. The minimum Gasteiger partial charge on any atom is -0.481 e. The maximum atomic E-state index is 13.6. The first-order valence-corrected chi connectivity index (χ1v) is 11.7. The minimum atomic E-state index is -1.04. The fourth-order valence-corrected chi connectivity index (χ4v) is 4.14. The number of nitrogens with zero attached hydrogens (tertiary/aromatic N) is 2. The quantitative estimate of drug-likeness (QED) is 0.302. The van der Waals surface area contributed by atoms with Crippen molar-refractivity contribution in [3.8, 4) is 28.3 Å². The predicted octanol–water partition coefficient (Wildman–Crippen LogP) is 6.49. The molecule has 0 unspecified atom stereocenters. The first kappa shape index (κ1) is 24.2. The van der Waals surface area contributed by atoms with Gasteiger partial charge in [-0.2, -0.15) is 5.10 Å². The number of ether oxygens (including phenoxy) is 1. The monoisotopic (exact) mass is 472 g/mol. The van der Waals surface area contributed by atoms with Crippen LogP contribution in [0.5, 0.6) is 5.75 Å². The van der Waals surface area contributed by atoms with Gasteiger partial charge in [0.2, 0.25) is 0 Å². The van der Waals surface area contributed by atoms with Gasteiger partial charge in [0, 0.05) is 17.7 Å². The molecule has 5 nitrogen and oxygen atoms in total. The van der Waals surface area contributed by atoms with Crippen molar-refractivity contribution in [2.24, 2.45) is 0 Å². The maximum Gasteiger partial charge on any atom is 0.341 e. The summed E-state index contributed by atoms with van der Waals surface area (Å²) >= 11 is 0. The number of hydrogen-bond donors (Lipinski definition) is 1. The van der Waals surface area contributed by atoms with Crippen molar-refractivity contribution >= 4 is 5.97 Å². The van der Waals surface area contributed by atoms with Crippen LogP contribution in [-0.4, -0.2) is 27.5 Å². The number of aromatic nitrogens is 2. The number of rotatable bonds is 9. The van der Waals surface area contributed by atoms with Crippen LogP contribution in [0, 0.1) is 12.7 Å². The number of halogens is 1. The van der Waals surface area contributed by atoms with E-state index in [2.05, 4.69) is 32.0 Å². The van der Waals surface area contributed by atoms with E-state index in [0.717, 1.165) is 34.4 Å². The van der Waals surface area contributed by atoms with Gasteiger partial charge in [-0.05, 0) is 72.4 Å². The van der Waals surface area contributed by atoms with Crippen molar-refractivity contribution in [1.29, 1.82) is 0 Å². The van der Waals surface area contributed by atoms with E-state index < -0.39 is 12.6 Å². The van der Waals surface area contributed by atoms with Gasteiger partial charge in [0.15, 0.2) is 6.61 Å². The molecule has 4 rings (SSSR count). The molecule has 0 spiro atoms. The summed E-state index contributed by atoms with van der Waals surface area (Å²) in [5, 5.41) is 14.1. The van der Waals surface area contributed by atoms with Crippen molar-refractivity contribution in [3.63, 3.8) is 0 Å². The summed E-state index contributed by atoms with van der Waals surface area (Å²) in [5.74, 6) is -0.583. The fraction of sp³-hybridized carbons (Fsp3) is 0.241. The molecular formula is C29H29FN2O3. The van der Waals surface area contributed by atoms with Crippen LogP contribution in [0.15, 0.2) is 72.8 Å². The molecule has 0 bridgehead atoms. The second kappa shape index (κ2) is 10.6.